The van der Waals surface area contributed by atoms with Crippen LogP contribution in [0.2, 0.25) is 0 Å². The highest BCUT2D eigenvalue weighted by molar-refractivity contribution is 8.27. The number of carbonyl (C=O) groups excluding carboxylic acids is 1. The van der Waals surface area contributed by atoms with E-state index >= 15 is 0 Å². The first-order valence-corrected chi connectivity index (χ1v) is 9.38. The van der Waals surface area contributed by atoms with Crippen molar-refractivity contribution < 1.29 is 14.3 Å². The quantitative estimate of drug-likeness (QED) is 0.552. The Labute approximate surface area is 162 Å². The molecular weight excluding hydrogens is 366 g/mol. The largest absolute Gasteiger partial charge is 0.497 e. The van der Waals surface area contributed by atoms with Crippen molar-refractivity contribution in [1.29, 1.82) is 0 Å². The van der Waals surface area contributed by atoms with E-state index in [1.54, 1.807) is 25.2 Å². The maximum atomic E-state index is 12.9. The monoisotopic (exact) mass is 385 g/mol. The predicted molar refractivity (Wildman–Crippen MR) is 111 cm³/mol. The van der Waals surface area contributed by atoms with Crippen molar-refractivity contribution in [3.8, 4) is 11.5 Å². The molecule has 4 nitrogen and oxygen atoms in total. The van der Waals surface area contributed by atoms with Gasteiger partial charge in [0.25, 0.3) is 5.91 Å². The molecule has 1 saturated heterocycles. The first kappa shape index (κ1) is 18.5. The molecule has 1 aliphatic rings. The third kappa shape index (κ3) is 3.61. The maximum Gasteiger partial charge on any atom is 0.270 e. The first-order valence-electron chi connectivity index (χ1n) is 8.16. The molecule has 0 unspecified atom stereocenters. The van der Waals surface area contributed by atoms with E-state index in [9.17, 15) is 4.79 Å². The number of rotatable bonds is 5. The van der Waals surface area contributed by atoms with Gasteiger partial charge in [0.05, 0.1) is 24.8 Å². The average Bonchev–Trinajstić information content (AvgIpc) is 2.95. The van der Waals surface area contributed by atoms with Gasteiger partial charge in [-0.05, 0) is 48.4 Å². The highest BCUT2D eigenvalue weighted by Crippen LogP contribution is 2.37. The van der Waals surface area contributed by atoms with Gasteiger partial charge >= 0.3 is 0 Å². The van der Waals surface area contributed by atoms with Crippen LogP contribution in [0.3, 0.4) is 0 Å². The van der Waals surface area contributed by atoms with Gasteiger partial charge in [0.15, 0.2) is 4.32 Å². The molecule has 134 valence electrons. The van der Waals surface area contributed by atoms with Gasteiger partial charge in [-0.1, -0.05) is 43.0 Å². The number of aryl methyl sites for hydroxylation is 1. The molecule has 1 heterocycles. The standard InChI is InChI=1S/C20H19NO3S2/c1-4-13-5-7-15(8-6-13)21-19(22)18(26-20(21)25)12-14-11-16(23-2)9-10-17(14)24-3/h5-12H,4H2,1-3H3. The molecule has 26 heavy (non-hydrogen) atoms. The fourth-order valence-electron chi connectivity index (χ4n) is 2.66. The number of ether oxygens (including phenoxy) is 2. The lowest BCUT2D eigenvalue weighted by molar-refractivity contribution is -0.113. The number of hydrogen-bond donors (Lipinski definition) is 0. The number of methoxy groups -OCH3 is 2. The molecule has 0 atom stereocenters. The summed E-state index contributed by atoms with van der Waals surface area (Å²) in [5.74, 6) is 1.24. The highest BCUT2D eigenvalue weighted by Gasteiger charge is 2.33. The van der Waals surface area contributed by atoms with Crippen LogP contribution in [-0.4, -0.2) is 24.4 Å². The van der Waals surface area contributed by atoms with Crippen LogP contribution in [-0.2, 0) is 11.2 Å². The molecule has 6 heteroatoms. The number of amides is 1. The summed E-state index contributed by atoms with van der Waals surface area (Å²) in [5.41, 5.74) is 2.77. The molecular formula is C20H19NO3S2. The number of carbonyl (C=O) groups is 1. The maximum absolute atomic E-state index is 12.9. The zero-order chi connectivity index (χ0) is 18.7. The SMILES string of the molecule is CCc1ccc(N2C(=O)C(=Cc3cc(OC)ccc3OC)SC2=S)cc1. The topological polar surface area (TPSA) is 38.8 Å². The van der Waals surface area contributed by atoms with Crippen molar-refractivity contribution in [1.82, 2.24) is 0 Å². The first-order chi connectivity index (χ1) is 12.6. The summed E-state index contributed by atoms with van der Waals surface area (Å²) in [6, 6.07) is 13.4. The van der Waals surface area contributed by atoms with E-state index < -0.39 is 0 Å². The van der Waals surface area contributed by atoms with Crippen LogP contribution in [0.15, 0.2) is 47.4 Å². The Morgan fingerprint density at radius 2 is 1.85 bits per heavy atom. The summed E-state index contributed by atoms with van der Waals surface area (Å²) in [5, 5.41) is 0. The molecule has 2 aromatic rings. The summed E-state index contributed by atoms with van der Waals surface area (Å²) in [7, 11) is 3.20. The van der Waals surface area contributed by atoms with Gasteiger partial charge in [-0.3, -0.25) is 9.69 Å². The molecule has 0 N–H and O–H groups in total. The summed E-state index contributed by atoms with van der Waals surface area (Å²) in [4.78, 5) is 15.0. The van der Waals surface area contributed by atoms with Gasteiger partial charge in [0.2, 0.25) is 0 Å². The fourth-order valence-corrected chi connectivity index (χ4v) is 3.95. The minimum absolute atomic E-state index is 0.130. The number of thioether (sulfide) groups is 1. The summed E-state index contributed by atoms with van der Waals surface area (Å²) in [6.45, 7) is 2.10. The number of thiocarbonyl (C=S) groups is 1. The van der Waals surface area contributed by atoms with Crippen LogP contribution in [0.1, 0.15) is 18.1 Å². The van der Waals surface area contributed by atoms with Crippen molar-refractivity contribution in [3.63, 3.8) is 0 Å². The molecule has 2 aromatic carbocycles. The molecule has 0 spiro atoms. The average molecular weight is 386 g/mol. The minimum Gasteiger partial charge on any atom is -0.497 e. The van der Waals surface area contributed by atoms with E-state index in [1.165, 1.54) is 17.3 Å². The van der Waals surface area contributed by atoms with Crippen molar-refractivity contribution >= 4 is 46.0 Å². The van der Waals surface area contributed by atoms with Crippen molar-refractivity contribution in [3.05, 3.63) is 58.5 Å². The molecule has 3 rings (SSSR count). The number of anilines is 1. The Bertz CT molecular complexity index is 875. The molecule has 0 saturated carbocycles. The highest BCUT2D eigenvalue weighted by atomic mass is 32.2. The number of benzene rings is 2. The molecule has 0 aliphatic carbocycles. The van der Waals surface area contributed by atoms with Gasteiger partial charge in [0, 0.05) is 5.56 Å². The van der Waals surface area contributed by atoms with E-state index in [0.29, 0.717) is 20.7 Å². The lowest BCUT2D eigenvalue weighted by atomic mass is 10.1. The second-order valence-corrected chi connectivity index (χ2v) is 7.32. The van der Waals surface area contributed by atoms with E-state index in [1.807, 2.05) is 42.5 Å². The van der Waals surface area contributed by atoms with Crippen LogP contribution in [0, 0.1) is 0 Å². The number of hydrogen-bond acceptors (Lipinski definition) is 5. The van der Waals surface area contributed by atoms with Crippen molar-refractivity contribution in [2.45, 2.75) is 13.3 Å². The fraction of sp³-hybridized carbons (Fsp3) is 0.200. The van der Waals surface area contributed by atoms with Crippen LogP contribution >= 0.6 is 24.0 Å². The second-order valence-electron chi connectivity index (χ2n) is 5.65. The molecule has 1 fully saturated rings. The van der Waals surface area contributed by atoms with Crippen molar-refractivity contribution in [2.75, 3.05) is 19.1 Å². The zero-order valence-electron chi connectivity index (χ0n) is 14.8. The number of nitrogens with zero attached hydrogens (tertiary/aromatic N) is 1. The summed E-state index contributed by atoms with van der Waals surface area (Å²) < 4.78 is 11.2. The molecule has 0 radical (unpaired) electrons. The molecule has 1 aliphatic heterocycles. The van der Waals surface area contributed by atoms with Gasteiger partial charge in [-0.2, -0.15) is 0 Å². The smallest absolute Gasteiger partial charge is 0.270 e. The summed E-state index contributed by atoms with van der Waals surface area (Å²) in [6.07, 6.45) is 2.75. The predicted octanol–water partition coefficient (Wildman–Crippen LogP) is 4.67. The van der Waals surface area contributed by atoms with Crippen LogP contribution in [0.4, 0.5) is 5.69 Å². The Hall–Kier alpha value is -2.31. The molecule has 0 aromatic heterocycles. The van der Waals surface area contributed by atoms with E-state index in [4.69, 9.17) is 21.7 Å². The Balaban J connectivity index is 1.94. The second kappa shape index (κ2) is 7.93. The lowest BCUT2D eigenvalue weighted by Gasteiger charge is -2.14. The van der Waals surface area contributed by atoms with Gasteiger partial charge < -0.3 is 9.47 Å². The van der Waals surface area contributed by atoms with Crippen LogP contribution < -0.4 is 14.4 Å². The summed E-state index contributed by atoms with van der Waals surface area (Å²) >= 11 is 6.72. The Kier molecular flexibility index (Phi) is 5.64. The van der Waals surface area contributed by atoms with Crippen LogP contribution in [0.25, 0.3) is 6.08 Å². The minimum atomic E-state index is -0.130. The molecule has 0 bridgehead atoms. The van der Waals surface area contributed by atoms with Gasteiger partial charge in [-0.25, -0.2) is 0 Å². The van der Waals surface area contributed by atoms with Gasteiger partial charge in [0.1, 0.15) is 11.5 Å². The van der Waals surface area contributed by atoms with E-state index in [-0.39, 0.29) is 5.91 Å². The Morgan fingerprint density at radius 1 is 1.12 bits per heavy atom. The zero-order valence-corrected chi connectivity index (χ0v) is 16.4. The van der Waals surface area contributed by atoms with E-state index in [2.05, 4.69) is 6.92 Å². The van der Waals surface area contributed by atoms with Crippen LogP contribution in [0.5, 0.6) is 11.5 Å². The Morgan fingerprint density at radius 3 is 2.46 bits per heavy atom. The third-order valence-electron chi connectivity index (χ3n) is 4.12. The third-order valence-corrected chi connectivity index (χ3v) is 5.42. The van der Waals surface area contributed by atoms with Gasteiger partial charge in [-0.15, -0.1) is 0 Å². The normalized spacial score (nSPS) is 15.7. The van der Waals surface area contributed by atoms with E-state index in [0.717, 1.165) is 17.7 Å². The van der Waals surface area contributed by atoms with Crippen molar-refractivity contribution in [2.24, 2.45) is 0 Å². The molecule has 1 amide bonds. The lowest BCUT2D eigenvalue weighted by Crippen LogP contribution is -2.27.